The van der Waals surface area contributed by atoms with Gasteiger partial charge in [-0.2, -0.15) is 0 Å². The van der Waals surface area contributed by atoms with Gasteiger partial charge in [0.2, 0.25) is 0 Å². The zero-order valence-corrected chi connectivity index (χ0v) is 20.1. The third kappa shape index (κ3) is 5.65. The number of amides is 1. The average molecular weight is 512 g/mol. The van der Waals surface area contributed by atoms with Crippen LogP contribution in [0.5, 0.6) is 11.5 Å². The number of hydrogen-bond donors (Lipinski definition) is 1. The van der Waals surface area contributed by atoms with Crippen molar-refractivity contribution in [3.63, 3.8) is 0 Å². The number of hydrogen-bond acceptors (Lipinski definition) is 4. The Hall–Kier alpha value is -1.83. The number of carbonyl (C=O) groups is 1. The highest BCUT2D eigenvalue weighted by atomic mass is 79.9. The lowest BCUT2D eigenvalue weighted by Crippen LogP contribution is -2.37. The fraction of sp³-hybridized carbons (Fsp3) is 0.364. The van der Waals surface area contributed by atoms with Gasteiger partial charge >= 0.3 is 0 Å². The minimum absolute atomic E-state index is 0.187. The number of nitrogens with zero attached hydrogens (tertiary/aromatic N) is 1. The Kier molecular flexibility index (Phi) is 7.97. The van der Waals surface area contributed by atoms with Gasteiger partial charge in [0.25, 0.3) is 5.91 Å². The van der Waals surface area contributed by atoms with E-state index >= 15 is 0 Å². The zero-order valence-electron chi connectivity index (χ0n) is 16.9. The monoisotopic (exact) mass is 510 g/mol. The topological polar surface area (TPSA) is 50.8 Å². The maximum atomic E-state index is 12.3. The van der Waals surface area contributed by atoms with Crippen LogP contribution < -0.4 is 14.8 Å². The van der Waals surface area contributed by atoms with E-state index in [0.717, 1.165) is 42.4 Å². The number of carbonyl (C=O) groups excluding carboxylic acids is 1. The number of para-hydroxylation sites is 1. The Bertz CT molecular complexity index is 933. The summed E-state index contributed by atoms with van der Waals surface area (Å²) in [6, 6.07) is 10.8. The molecule has 160 valence electrons. The van der Waals surface area contributed by atoms with Gasteiger partial charge < -0.3 is 19.7 Å². The Morgan fingerprint density at radius 2 is 2.00 bits per heavy atom. The van der Waals surface area contributed by atoms with Crippen molar-refractivity contribution in [2.45, 2.75) is 19.8 Å². The van der Waals surface area contributed by atoms with E-state index in [2.05, 4.69) is 33.1 Å². The SMILES string of the molecule is COc1cc(C(=S)N2CCC(C)CC2)cc(Br)c1OCC(=O)Nc1ccccc1Cl. The first-order valence-corrected chi connectivity index (χ1v) is 11.3. The van der Waals surface area contributed by atoms with Crippen molar-refractivity contribution in [3.05, 3.63) is 51.5 Å². The first-order valence-electron chi connectivity index (χ1n) is 9.73. The molecule has 0 atom stereocenters. The Labute approximate surface area is 195 Å². The molecule has 30 heavy (non-hydrogen) atoms. The standard InChI is InChI=1S/C22H24BrClN2O3S/c1-14-7-9-26(10-8-14)22(30)15-11-16(23)21(19(12-15)28-2)29-13-20(27)25-18-6-4-3-5-17(18)24/h3-6,11-12,14H,7-10,13H2,1-2H3,(H,25,27). The Morgan fingerprint density at radius 1 is 1.30 bits per heavy atom. The molecule has 1 N–H and O–H groups in total. The van der Waals surface area contributed by atoms with E-state index in [9.17, 15) is 4.79 Å². The zero-order chi connectivity index (χ0) is 21.7. The van der Waals surface area contributed by atoms with Crippen LogP contribution in [-0.2, 0) is 4.79 Å². The number of anilines is 1. The molecule has 1 saturated heterocycles. The van der Waals surface area contributed by atoms with Crippen LogP contribution in [0.4, 0.5) is 5.69 Å². The number of halogens is 2. The molecule has 2 aromatic carbocycles. The first-order chi connectivity index (χ1) is 14.4. The molecular weight excluding hydrogens is 488 g/mol. The molecule has 1 heterocycles. The summed E-state index contributed by atoms with van der Waals surface area (Å²) in [5.74, 6) is 1.38. The number of benzene rings is 2. The second-order valence-corrected chi connectivity index (χ2v) is 8.93. The molecule has 0 spiro atoms. The summed E-state index contributed by atoms with van der Waals surface area (Å²) in [4.78, 5) is 15.3. The average Bonchev–Trinajstić information content (AvgIpc) is 2.74. The Balaban J connectivity index is 1.69. The summed E-state index contributed by atoms with van der Waals surface area (Å²) in [6.07, 6.45) is 2.28. The van der Waals surface area contributed by atoms with Crippen LogP contribution in [0, 0.1) is 5.92 Å². The van der Waals surface area contributed by atoms with E-state index in [-0.39, 0.29) is 12.5 Å². The van der Waals surface area contributed by atoms with Crippen LogP contribution in [0.3, 0.4) is 0 Å². The lowest BCUT2D eigenvalue weighted by Gasteiger charge is -2.32. The fourth-order valence-corrected chi connectivity index (χ4v) is 4.30. The van der Waals surface area contributed by atoms with Gasteiger partial charge in [0.15, 0.2) is 18.1 Å². The van der Waals surface area contributed by atoms with E-state index in [1.54, 1.807) is 31.4 Å². The summed E-state index contributed by atoms with van der Waals surface area (Å²) in [5.41, 5.74) is 1.42. The lowest BCUT2D eigenvalue weighted by atomic mass is 9.99. The van der Waals surface area contributed by atoms with Gasteiger partial charge in [-0.1, -0.05) is 42.9 Å². The molecule has 1 aliphatic heterocycles. The molecule has 5 nitrogen and oxygen atoms in total. The van der Waals surface area contributed by atoms with Gasteiger partial charge in [-0.3, -0.25) is 4.79 Å². The summed E-state index contributed by atoms with van der Waals surface area (Å²) in [5, 5.41) is 3.20. The minimum atomic E-state index is -0.320. The molecule has 0 aromatic heterocycles. The quantitative estimate of drug-likeness (QED) is 0.516. The van der Waals surface area contributed by atoms with Crippen LogP contribution >= 0.6 is 39.7 Å². The molecule has 1 fully saturated rings. The number of nitrogens with one attached hydrogen (secondary N) is 1. The van der Waals surface area contributed by atoms with E-state index in [4.69, 9.17) is 33.3 Å². The molecule has 2 aromatic rings. The second kappa shape index (κ2) is 10.5. The van der Waals surface area contributed by atoms with Crippen molar-refractivity contribution in [2.75, 3.05) is 32.1 Å². The van der Waals surface area contributed by atoms with Gasteiger partial charge in [-0.05, 0) is 59.0 Å². The smallest absolute Gasteiger partial charge is 0.262 e. The molecule has 8 heteroatoms. The number of ether oxygens (including phenoxy) is 2. The highest BCUT2D eigenvalue weighted by Crippen LogP contribution is 2.37. The predicted molar refractivity (Wildman–Crippen MR) is 128 cm³/mol. The van der Waals surface area contributed by atoms with E-state index in [1.165, 1.54) is 0 Å². The number of rotatable bonds is 6. The van der Waals surface area contributed by atoms with Gasteiger partial charge in [-0.15, -0.1) is 0 Å². The van der Waals surface area contributed by atoms with Crippen LogP contribution in [0.2, 0.25) is 5.02 Å². The van der Waals surface area contributed by atoms with Gasteiger partial charge in [0, 0.05) is 18.7 Å². The van der Waals surface area contributed by atoms with Crippen molar-refractivity contribution >= 4 is 56.3 Å². The molecule has 0 saturated carbocycles. The van der Waals surface area contributed by atoms with Gasteiger partial charge in [0.1, 0.15) is 4.99 Å². The summed E-state index contributed by atoms with van der Waals surface area (Å²) < 4.78 is 11.9. The Morgan fingerprint density at radius 3 is 2.67 bits per heavy atom. The second-order valence-electron chi connectivity index (χ2n) is 7.28. The summed E-state index contributed by atoms with van der Waals surface area (Å²) in [6.45, 7) is 4.00. The van der Waals surface area contributed by atoms with Crippen molar-refractivity contribution in [3.8, 4) is 11.5 Å². The van der Waals surface area contributed by atoms with Crippen LogP contribution in [0.1, 0.15) is 25.3 Å². The van der Waals surface area contributed by atoms with Crippen LogP contribution in [0.25, 0.3) is 0 Å². The minimum Gasteiger partial charge on any atom is -0.493 e. The highest BCUT2D eigenvalue weighted by molar-refractivity contribution is 9.10. The highest BCUT2D eigenvalue weighted by Gasteiger charge is 2.21. The van der Waals surface area contributed by atoms with Gasteiger partial charge in [0.05, 0.1) is 22.3 Å². The third-order valence-corrected chi connectivity index (χ3v) is 6.46. The largest absolute Gasteiger partial charge is 0.493 e. The van der Waals surface area contributed by atoms with Crippen molar-refractivity contribution in [1.29, 1.82) is 0 Å². The maximum absolute atomic E-state index is 12.3. The summed E-state index contributed by atoms with van der Waals surface area (Å²) >= 11 is 15.3. The van der Waals surface area contributed by atoms with Gasteiger partial charge in [-0.25, -0.2) is 0 Å². The van der Waals surface area contributed by atoms with E-state index in [0.29, 0.717) is 26.7 Å². The molecule has 0 bridgehead atoms. The number of piperidine rings is 1. The van der Waals surface area contributed by atoms with E-state index in [1.807, 2.05) is 12.1 Å². The summed E-state index contributed by atoms with van der Waals surface area (Å²) in [7, 11) is 1.56. The predicted octanol–water partition coefficient (Wildman–Crippen LogP) is 5.54. The van der Waals surface area contributed by atoms with E-state index < -0.39 is 0 Å². The molecule has 1 amide bonds. The van der Waals surface area contributed by atoms with Crippen LogP contribution in [0.15, 0.2) is 40.9 Å². The molecule has 0 radical (unpaired) electrons. The molecular formula is C22H24BrClN2O3S. The van der Waals surface area contributed by atoms with Crippen molar-refractivity contribution in [1.82, 2.24) is 4.90 Å². The van der Waals surface area contributed by atoms with Crippen molar-refractivity contribution < 1.29 is 14.3 Å². The molecule has 0 unspecified atom stereocenters. The lowest BCUT2D eigenvalue weighted by molar-refractivity contribution is -0.118. The number of thiocarbonyl (C=S) groups is 1. The molecule has 0 aliphatic carbocycles. The van der Waals surface area contributed by atoms with Crippen LogP contribution in [-0.4, -0.2) is 42.6 Å². The maximum Gasteiger partial charge on any atom is 0.262 e. The first kappa shape index (κ1) is 22.8. The molecule has 1 aliphatic rings. The number of likely N-dealkylation sites (tertiary alicyclic amines) is 1. The third-order valence-electron chi connectivity index (χ3n) is 5.04. The number of methoxy groups -OCH3 is 1. The molecule has 3 rings (SSSR count). The normalized spacial score (nSPS) is 14.3. The fourth-order valence-electron chi connectivity index (χ4n) is 3.26. The van der Waals surface area contributed by atoms with Crippen molar-refractivity contribution in [2.24, 2.45) is 5.92 Å².